The molecule has 13 rings (SSSR count). The van der Waals surface area contributed by atoms with E-state index in [9.17, 15) is 0 Å². The average molecular weight is 691 g/mol. The molecule has 0 bridgehead atoms. The highest BCUT2D eigenvalue weighted by molar-refractivity contribution is 7.26. The quantitative estimate of drug-likeness (QED) is 0.169. The normalized spacial score (nSPS) is 12.5. The minimum Gasteiger partial charge on any atom is -0.307 e. The molecule has 4 nitrogen and oxygen atoms in total. The van der Waals surface area contributed by atoms with Crippen LogP contribution in [0.25, 0.3) is 119 Å². The van der Waals surface area contributed by atoms with Gasteiger partial charge < -0.3 is 4.40 Å². The summed E-state index contributed by atoms with van der Waals surface area (Å²) in [4.78, 5) is 11.0. The fraction of sp³-hybridized carbons (Fsp3) is 0. The van der Waals surface area contributed by atoms with Crippen molar-refractivity contribution in [2.75, 3.05) is 0 Å². The molecule has 13 aromatic rings. The molecule has 0 spiro atoms. The molecule has 0 fully saturated rings. The van der Waals surface area contributed by atoms with E-state index in [1.807, 2.05) is 11.3 Å². The molecular formula is C48H26N4S. The largest absolute Gasteiger partial charge is 0.307 e. The van der Waals surface area contributed by atoms with E-state index in [1.54, 1.807) is 0 Å². The molecule has 53 heavy (non-hydrogen) atoms. The lowest BCUT2D eigenvalue weighted by Crippen LogP contribution is -2.04. The molecule has 0 aliphatic rings. The maximum atomic E-state index is 5.56. The second kappa shape index (κ2) is 9.94. The fourth-order valence-corrected chi connectivity index (χ4v) is 10.5. The van der Waals surface area contributed by atoms with Crippen molar-refractivity contribution in [3.63, 3.8) is 0 Å². The Kier molecular flexibility index (Phi) is 5.22. The molecule has 5 heterocycles. The van der Waals surface area contributed by atoms with E-state index >= 15 is 0 Å². The first-order valence-electron chi connectivity index (χ1n) is 18.0. The number of nitrogens with zero attached hydrogens (tertiary/aromatic N) is 4. The molecule has 0 unspecified atom stereocenters. The molecule has 0 N–H and O–H groups in total. The van der Waals surface area contributed by atoms with Gasteiger partial charge in [-0.05, 0) is 46.5 Å². The molecule has 244 valence electrons. The van der Waals surface area contributed by atoms with Crippen LogP contribution >= 0.6 is 11.3 Å². The SMILES string of the molecule is c1ccc(-c2nc(-n3c4cccc5c6cccc7c8ccccc8n(c67)c6c7c(cc3c6c54)sc3ccccc37)nc3ccc4ccccc4c23)cc1. The maximum Gasteiger partial charge on any atom is 0.235 e. The van der Waals surface area contributed by atoms with Crippen molar-refractivity contribution >= 4 is 113 Å². The molecule has 0 aliphatic heterocycles. The molecule has 8 aromatic carbocycles. The molecular weight excluding hydrogens is 665 g/mol. The van der Waals surface area contributed by atoms with Gasteiger partial charge in [-0.25, -0.2) is 9.97 Å². The Morgan fingerprint density at radius 1 is 0.415 bits per heavy atom. The summed E-state index contributed by atoms with van der Waals surface area (Å²) in [6.45, 7) is 0. The van der Waals surface area contributed by atoms with Crippen LogP contribution in [0.1, 0.15) is 0 Å². The molecule has 5 heteroatoms. The molecule has 0 atom stereocenters. The van der Waals surface area contributed by atoms with Gasteiger partial charge in [-0.15, -0.1) is 11.3 Å². The molecule has 0 saturated carbocycles. The van der Waals surface area contributed by atoms with Crippen LogP contribution in [-0.2, 0) is 0 Å². The summed E-state index contributed by atoms with van der Waals surface area (Å²) < 4.78 is 7.43. The zero-order valence-corrected chi connectivity index (χ0v) is 29.0. The zero-order valence-electron chi connectivity index (χ0n) is 28.2. The Labute approximate surface area is 305 Å². The monoisotopic (exact) mass is 690 g/mol. The van der Waals surface area contributed by atoms with Crippen LogP contribution < -0.4 is 0 Å². The van der Waals surface area contributed by atoms with E-state index in [2.05, 4.69) is 167 Å². The minimum absolute atomic E-state index is 0.673. The maximum absolute atomic E-state index is 5.56. The van der Waals surface area contributed by atoms with Gasteiger partial charge in [0.25, 0.3) is 0 Å². The van der Waals surface area contributed by atoms with Gasteiger partial charge >= 0.3 is 0 Å². The number of hydrogen-bond acceptors (Lipinski definition) is 3. The lowest BCUT2D eigenvalue weighted by atomic mass is 10.0. The van der Waals surface area contributed by atoms with Gasteiger partial charge in [0.2, 0.25) is 5.95 Å². The molecule has 0 radical (unpaired) electrons. The van der Waals surface area contributed by atoms with E-state index in [-0.39, 0.29) is 0 Å². The molecule has 0 amide bonds. The second-order valence-corrected chi connectivity index (χ2v) is 15.2. The number of thiophene rings is 1. The smallest absolute Gasteiger partial charge is 0.235 e. The van der Waals surface area contributed by atoms with E-state index in [1.165, 1.54) is 74.4 Å². The summed E-state index contributed by atoms with van der Waals surface area (Å²) >= 11 is 1.86. The number of para-hydroxylation sites is 2. The first-order chi connectivity index (χ1) is 26.3. The van der Waals surface area contributed by atoms with Crippen LogP contribution in [0, 0.1) is 0 Å². The number of hydrogen-bond donors (Lipinski definition) is 0. The van der Waals surface area contributed by atoms with Crippen molar-refractivity contribution in [1.82, 2.24) is 18.9 Å². The summed E-state index contributed by atoms with van der Waals surface area (Å²) in [5.41, 5.74) is 8.86. The van der Waals surface area contributed by atoms with Crippen molar-refractivity contribution in [3.8, 4) is 17.2 Å². The lowest BCUT2D eigenvalue weighted by molar-refractivity contribution is 1.02. The second-order valence-electron chi connectivity index (χ2n) is 14.1. The van der Waals surface area contributed by atoms with Crippen molar-refractivity contribution < 1.29 is 0 Å². The average Bonchev–Trinajstić information content (AvgIpc) is 3.84. The number of fused-ring (bicyclic) bond motifs is 12. The predicted molar refractivity (Wildman–Crippen MR) is 224 cm³/mol. The Hall–Kier alpha value is -6.82. The van der Waals surface area contributed by atoms with Gasteiger partial charge in [0.15, 0.2) is 0 Å². The van der Waals surface area contributed by atoms with Crippen molar-refractivity contribution in [2.45, 2.75) is 0 Å². The van der Waals surface area contributed by atoms with Crippen LogP contribution in [0.2, 0.25) is 0 Å². The number of rotatable bonds is 2. The summed E-state index contributed by atoms with van der Waals surface area (Å²) in [5.74, 6) is 0.673. The predicted octanol–water partition coefficient (Wildman–Crippen LogP) is 13.1. The van der Waals surface area contributed by atoms with Crippen LogP contribution in [0.5, 0.6) is 0 Å². The number of benzene rings is 8. The van der Waals surface area contributed by atoms with Gasteiger partial charge in [-0.2, -0.15) is 0 Å². The van der Waals surface area contributed by atoms with E-state index in [0.717, 1.165) is 38.6 Å². The highest BCUT2D eigenvalue weighted by atomic mass is 32.1. The van der Waals surface area contributed by atoms with E-state index in [4.69, 9.17) is 9.97 Å². The van der Waals surface area contributed by atoms with Gasteiger partial charge in [0.05, 0.1) is 38.8 Å². The van der Waals surface area contributed by atoms with Gasteiger partial charge in [0.1, 0.15) is 0 Å². The summed E-state index contributed by atoms with van der Waals surface area (Å²) in [6, 6.07) is 57.2. The minimum atomic E-state index is 0.673. The van der Waals surface area contributed by atoms with Crippen molar-refractivity contribution in [1.29, 1.82) is 0 Å². The van der Waals surface area contributed by atoms with Crippen LogP contribution in [0.4, 0.5) is 0 Å². The highest BCUT2D eigenvalue weighted by Gasteiger charge is 2.26. The fourth-order valence-electron chi connectivity index (χ4n) is 9.32. The first-order valence-corrected chi connectivity index (χ1v) is 18.8. The topological polar surface area (TPSA) is 35.1 Å². The van der Waals surface area contributed by atoms with Gasteiger partial charge in [-0.1, -0.05) is 127 Å². The third kappa shape index (κ3) is 3.50. The Morgan fingerprint density at radius 2 is 1.11 bits per heavy atom. The summed E-state index contributed by atoms with van der Waals surface area (Å²) in [6.07, 6.45) is 0. The summed E-state index contributed by atoms with van der Waals surface area (Å²) in [7, 11) is 0. The van der Waals surface area contributed by atoms with Crippen molar-refractivity contribution in [2.24, 2.45) is 0 Å². The Bertz CT molecular complexity index is 3680. The molecule has 0 saturated heterocycles. The molecule has 0 aliphatic carbocycles. The highest BCUT2D eigenvalue weighted by Crippen LogP contribution is 2.49. The third-order valence-corrected chi connectivity index (χ3v) is 12.5. The standard InChI is InChI=1S/C48H26N4S/c1-2-13-28(14-3-1)45-41-29-15-5-4-12-27(29)24-25-35(41)49-48(50-45)51-37-22-11-18-31-33-20-10-19-32-30-16-6-8-21-36(30)52(46(32)33)47-43-34-17-7-9-23-39(34)53-40(43)26-38(51)44(47)42(31)37/h1-26H. The Morgan fingerprint density at radius 3 is 2.02 bits per heavy atom. The van der Waals surface area contributed by atoms with E-state index < -0.39 is 0 Å². The van der Waals surface area contributed by atoms with Crippen LogP contribution in [-0.4, -0.2) is 18.9 Å². The van der Waals surface area contributed by atoms with Gasteiger partial charge in [-0.3, -0.25) is 4.57 Å². The lowest BCUT2D eigenvalue weighted by Gasteiger charge is -2.14. The van der Waals surface area contributed by atoms with Crippen LogP contribution in [0.15, 0.2) is 158 Å². The van der Waals surface area contributed by atoms with E-state index in [0.29, 0.717) is 5.95 Å². The number of aromatic nitrogens is 4. The van der Waals surface area contributed by atoms with Crippen molar-refractivity contribution in [3.05, 3.63) is 158 Å². The Balaban J connectivity index is 1.31. The zero-order chi connectivity index (χ0) is 34.4. The summed E-state index contributed by atoms with van der Waals surface area (Å²) in [5, 5.41) is 13.5. The molecule has 5 aromatic heterocycles. The first kappa shape index (κ1) is 27.8. The van der Waals surface area contributed by atoms with Gasteiger partial charge in [0, 0.05) is 58.1 Å². The van der Waals surface area contributed by atoms with Crippen LogP contribution in [0.3, 0.4) is 0 Å². The third-order valence-electron chi connectivity index (χ3n) is 11.4.